The predicted molar refractivity (Wildman–Crippen MR) is 122 cm³/mol. The normalized spacial score (nSPS) is 16.8. The van der Waals surface area contributed by atoms with Crippen molar-refractivity contribution in [3.63, 3.8) is 0 Å². The molecule has 2 aromatic rings. The Morgan fingerprint density at radius 1 is 1.32 bits per heavy atom. The summed E-state index contributed by atoms with van der Waals surface area (Å²) in [6.45, 7) is 5.22. The van der Waals surface area contributed by atoms with Gasteiger partial charge < -0.3 is 15.5 Å². The summed E-state index contributed by atoms with van der Waals surface area (Å²) in [7, 11) is 1.75. The van der Waals surface area contributed by atoms with E-state index in [0.29, 0.717) is 5.92 Å². The molecular formula is C19H26F2IN5S. The van der Waals surface area contributed by atoms with Crippen molar-refractivity contribution in [3.8, 4) is 0 Å². The molecule has 0 aliphatic carbocycles. The molecule has 0 radical (unpaired) electrons. The minimum atomic E-state index is -0.807. The Morgan fingerprint density at radius 2 is 2.14 bits per heavy atom. The third-order valence-electron chi connectivity index (χ3n) is 4.68. The lowest BCUT2D eigenvalue weighted by molar-refractivity contribution is 0.508. The number of aromatic nitrogens is 1. The summed E-state index contributed by atoms with van der Waals surface area (Å²) in [6.07, 6.45) is 1.86. The molecule has 2 N–H and O–H groups in total. The minimum Gasteiger partial charge on any atom is -0.371 e. The van der Waals surface area contributed by atoms with E-state index in [-0.39, 0.29) is 24.0 Å². The first-order valence-corrected chi connectivity index (χ1v) is 9.98. The summed E-state index contributed by atoms with van der Waals surface area (Å²) in [4.78, 5) is 10.8. The highest BCUT2D eigenvalue weighted by Gasteiger charge is 2.23. The first-order valence-electron chi connectivity index (χ1n) is 9.10. The second kappa shape index (κ2) is 10.9. The molecule has 1 atom stereocenters. The maximum absolute atomic E-state index is 13.4. The van der Waals surface area contributed by atoms with Gasteiger partial charge in [0.1, 0.15) is 0 Å². The van der Waals surface area contributed by atoms with Crippen molar-refractivity contribution in [1.82, 2.24) is 15.6 Å². The molecule has 1 aromatic carbocycles. The fraction of sp³-hybridized carbons (Fsp3) is 0.474. The molecule has 2 heterocycles. The number of nitrogens with zero attached hydrogens (tertiary/aromatic N) is 3. The van der Waals surface area contributed by atoms with Gasteiger partial charge in [-0.25, -0.2) is 13.8 Å². The van der Waals surface area contributed by atoms with Crippen LogP contribution in [-0.4, -0.2) is 44.2 Å². The van der Waals surface area contributed by atoms with Crippen molar-refractivity contribution in [3.05, 3.63) is 45.9 Å². The molecule has 28 heavy (non-hydrogen) atoms. The van der Waals surface area contributed by atoms with Crippen molar-refractivity contribution in [2.24, 2.45) is 10.9 Å². The lowest BCUT2D eigenvalue weighted by Gasteiger charge is -2.19. The summed E-state index contributed by atoms with van der Waals surface area (Å²) in [6, 6.07) is 4.09. The molecule has 1 unspecified atom stereocenters. The van der Waals surface area contributed by atoms with Crippen molar-refractivity contribution in [1.29, 1.82) is 0 Å². The summed E-state index contributed by atoms with van der Waals surface area (Å²) in [5.74, 6) is -0.404. The van der Waals surface area contributed by atoms with E-state index >= 15 is 0 Å². The highest BCUT2D eigenvalue weighted by molar-refractivity contribution is 14.0. The molecule has 5 nitrogen and oxygen atoms in total. The van der Waals surface area contributed by atoms with Gasteiger partial charge in [-0.1, -0.05) is 0 Å². The molecule has 1 aliphatic heterocycles. The Hall–Kier alpha value is -1.49. The van der Waals surface area contributed by atoms with Crippen LogP contribution in [0.5, 0.6) is 0 Å². The second-order valence-electron chi connectivity index (χ2n) is 6.69. The van der Waals surface area contributed by atoms with E-state index in [1.54, 1.807) is 24.5 Å². The number of nitrogens with one attached hydrogen (secondary N) is 2. The smallest absolute Gasteiger partial charge is 0.190 e. The monoisotopic (exact) mass is 521 g/mol. The summed E-state index contributed by atoms with van der Waals surface area (Å²) < 4.78 is 26.5. The maximum atomic E-state index is 13.4. The van der Waals surface area contributed by atoms with Crippen LogP contribution in [0.15, 0.2) is 28.6 Å². The van der Waals surface area contributed by atoms with E-state index in [9.17, 15) is 8.78 Å². The molecule has 0 spiro atoms. The zero-order valence-electron chi connectivity index (χ0n) is 16.0. The molecule has 3 rings (SSSR count). The number of halogens is 3. The van der Waals surface area contributed by atoms with Gasteiger partial charge in [-0.3, -0.25) is 4.99 Å². The molecule has 1 saturated heterocycles. The van der Waals surface area contributed by atoms with Gasteiger partial charge in [0.2, 0.25) is 0 Å². The number of rotatable bonds is 6. The van der Waals surface area contributed by atoms with Crippen LogP contribution < -0.4 is 15.5 Å². The largest absolute Gasteiger partial charge is 0.371 e. The van der Waals surface area contributed by atoms with Gasteiger partial charge in [-0.2, -0.15) is 0 Å². The van der Waals surface area contributed by atoms with Gasteiger partial charge >= 0.3 is 0 Å². The molecule has 1 aliphatic rings. The number of aliphatic imine (C=N–C) groups is 1. The van der Waals surface area contributed by atoms with Crippen LogP contribution in [0, 0.1) is 24.5 Å². The van der Waals surface area contributed by atoms with Crippen LogP contribution in [0.3, 0.4) is 0 Å². The Bertz CT molecular complexity index is 798. The number of hydrogen-bond donors (Lipinski definition) is 2. The average molecular weight is 521 g/mol. The lowest BCUT2D eigenvalue weighted by Crippen LogP contribution is -2.41. The number of benzene rings is 1. The van der Waals surface area contributed by atoms with Crippen LogP contribution in [0.4, 0.5) is 14.5 Å². The van der Waals surface area contributed by atoms with Gasteiger partial charge in [-0.05, 0) is 31.4 Å². The molecule has 1 aromatic heterocycles. The van der Waals surface area contributed by atoms with Crippen LogP contribution in [0.1, 0.15) is 17.1 Å². The molecule has 0 bridgehead atoms. The van der Waals surface area contributed by atoms with Gasteiger partial charge in [0.05, 0.1) is 10.7 Å². The Kier molecular flexibility index (Phi) is 8.87. The van der Waals surface area contributed by atoms with E-state index in [0.717, 1.165) is 61.4 Å². The molecule has 0 amide bonds. The fourth-order valence-electron chi connectivity index (χ4n) is 3.21. The van der Waals surface area contributed by atoms with E-state index in [2.05, 4.69) is 30.9 Å². The van der Waals surface area contributed by atoms with Crippen molar-refractivity contribution < 1.29 is 8.78 Å². The van der Waals surface area contributed by atoms with Crippen LogP contribution >= 0.6 is 35.3 Å². The van der Waals surface area contributed by atoms with Crippen molar-refractivity contribution >= 4 is 47.0 Å². The second-order valence-corrected chi connectivity index (χ2v) is 7.75. The highest BCUT2D eigenvalue weighted by Crippen LogP contribution is 2.24. The number of anilines is 1. The number of aryl methyl sites for hydroxylation is 1. The zero-order valence-corrected chi connectivity index (χ0v) is 19.2. The molecule has 154 valence electrons. The maximum Gasteiger partial charge on any atom is 0.190 e. The summed E-state index contributed by atoms with van der Waals surface area (Å²) in [5, 5.41) is 9.83. The van der Waals surface area contributed by atoms with Crippen molar-refractivity contribution in [2.45, 2.75) is 19.8 Å². The molecular weight excluding hydrogens is 495 g/mol. The van der Waals surface area contributed by atoms with Crippen molar-refractivity contribution in [2.75, 3.05) is 38.1 Å². The molecule has 1 fully saturated rings. The molecule has 0 saturated carbocycles. The Morgan fingerprint density at radius 3 is 2.82 bits per heavy atom. The minimum absolute atomic E-state index is 0. The van der Waals surface area contributed by atoms with Crippen LogP contribution in [0.2, 0.25) is 0 Å². The lowest BCUT2D eigenvalue weighted by atomic mass is 10.1. The third-order valence-corrected chi connectivity index (χ3v) is 5.50. The average Bonchev–Trinajstić information content (AvgIpc) is 3.29. The number of hydrogen-bond acceptors (Lipinski definition) is 4. The Labute approximate surface area is 185 Å². The van der Waals surface area contributed by atoms with E-state index < -0.39 is 11.6 Å². The van der Waals surface area contributed by atoms with Gasteiger partial charge in [0.15, 0.2) is 17.6 Å². The SMILES string of the molecule is CN=C(NCCc1csc(C)n1)NCC1CCN(c2ccc(F)c(F)c2)C1.I. The molecule has 9 heteroatoms. The van der Waals surface area contributed by atoms with Gasteiger partial charge in [0.25, 0.3) is 0 Å². The zero-order chi connectivity index (χ0) is 19.2. The van der Waals surface area contributed by atoms with Crippen LogP contribution in [-0.2, 0) is 6.42 Å². The van der Waals surface area contributed by atoms with Gasteiger partial charge in [-0.15, -0.1) is 35.3 Å². The summed E-state index contributed by atoms with van der Waals surface area (Å²) in [5.41, 5.74) is 1.83. The standard InChI is InChI=1S/C19H25F2N5S.HI/c1-13-25-15(12-27-13)5-7-23-19(22-2)24-10-14-6-8-26(11-14)16-3-4-17(20)18(21)9-16;/h3-4,9,12,14H,5-8,10-11H2,1-2H3,(H2,22,23,24);1H. The van der Waals surface area contributed by atoms with E-state index in [1.807, 2.05) is 6.92 Å². The number of guanidine groups is 1. The van der Waals surface area contributed by atoms with E-state index in [4.69, 9.17) is 0 Å². The fourth-order valence-corrected chi connectivity index (χ4v) is 3.86. The van der Waals surface area contributed by atoms with Gasteiger partial charge in [0, 0.05) is 56.8 Å². The first-order chi connectivity index (χ1) is 13.0. The number of thiazole rings is 1. The van der Waals surface area contributed by atoms with E-state index in [1.165, 1.54) is 12.1 Å². The third kappa shape index (κ3) is 6.26. The predicted octanol–water partition coefficient (Wildman–Crippen LogP) is 3.58. The topological polar surface area (TPSA) is 52.6 Å². The quantitative estimate of drug-likeness (QED) is 0.347. The van der Waals surface area contributed by atoms with Crippen LogP contribution in [0.25, 0.3) is 0 Å². The summed E-state index contributed by atoms with van der Waals surface area (Å²) >= 11 is 1.66. The first kappa shape index (κ1) is 22.8. The Balaban J connectivity index is 0.00000280. The highest BCUT2D eigenvalue weighted by atomic mass is 127.